The molecule has 0 saturated carbocycles. The first kappa shape index (κ1) is 9.98. The average molecular weight is 206 g/mol. The third kappa shape index (κ3) is 1.94. The van der Waals surface area contributed by atoms with Crippen LogP contribution < -0.4 is 10.6 Å². The van der Waals surface area contributed by atoms with Crippen LogP contribution in [0.1, 0.15) is 5.56 Å². The van der Waals surface area contributed by atoms with E-state index >= 15 is 0 Å². The number of rotatable bonds is 1. The SMILES string of the molecule is Cc1cc(N)ccc1N1CCOCC1=O. The van der Waals surface area contributed by atoms with E-state index < -0.39 is 0 Å². The molecular weight excluding hydrogens is 192 g/mol. The van der Waals surface area contributed by atoms with Gasteiger partial charge in [-0.05, 0) is 30.7 Å². The van der Waals surface area contributed by atoms with E-state index in [2.05, 4.69) is 0 Å². The van der Waals surface area contributed by atoms with Gasteiger partial charge in [0, 0.05) is 17.9 Å². The second-order valence-electron chi connectivity index (χ2n) is 3.64. The number of hydrogen-bond acceptors (Lipinski definition) is 3. The first-order chi connectivity index (χ1) is 7.18. The molecule has 1 heterocycles. The van der Waals surface area contributed by atoms with Crippen molar-refractivity contribution < 1.29 is 9.53 Å². The number of amides is 1. The van der Waals surface area contributed by atoms with Crippen molar-refractivity contribution in [2.24, 2.45) is 0 Å². The standard InChI is InChI=1S/C11H14N2O2/c1-8-6-9(12)2-3-10(8)13-4-5-15-7-11(13)14/h2-3,6H,4-5,7,12H2,1H3. The Hall–Kier alpha value is -1.55. The van der Waals surface area contributed by atoms with Crippen LogP contribution in [0.3, 0.4) is 0 Å². The van der Waals surface area contributed by atoms with Crippen LogP contribution in [-0.2, 0) is 9.53 Å². The molecule has 1 aliphatic rings. The van der Waals surface area contributed by atoms with Crippen LogP contribution in [0, 0.1) is 6.92 Å². The smallest absolute Gasteiger partial charge is 0.253 e. The quantitative estimate of drug-likeness (QED) is 0.696. The normalized spacial score (nSPS) is 16.9. The molecule has 1 fully saturated rings. The summed E-state index contributed by atoms with van der Waals surface area (Å²) in [5.74, 6) is 0.00845. The first-order valence-corrected chi connectivity index (χ1v) is 4.93. The molecule has 2 N–H and O–H groups in total. The zero-order chi connectivity index (χ0) is 10.8. The second kappa shape index (κ2) is 3.90. The van der Waals surface area contributed by atoms with Crippen molar-refractivity contribution in [1.82, 2.24) is 0 Å². The summed E-state index contributed by atoms with van der Waals surface area (Å²) >= 11 is 0. The van der Waals surface area contributed by atoms with Gasteiger partial charge in [0.2, 0.25) is 0 Å². The van der Waals surface area contributed by atoms with Crippen LogP contribution in [0.5, 0.6) is 0 Å². The summed E-state index contributed by atoms with van der Waals surface area (Å²) in [5.41, 5.74) is 8.33. The van der Waals surface area contributed by atoms with Gasteiger partial charge in [0.25, 0.3) is 5.91 Å². The number of ether oxygens (including phenoxy) is 1. The molecule has 0 aromatic heterocycles. The van der Waals surface area contributed by atoms with Crippen LogP contribution in [0.2, 0.25) is 0 Å². The molecule has 15 heavy (non-hydrogen) atoms. The first-order valence-electron chi connectivity index (χ1n) is 4.93. The molecule has 1 aromatic rings. The maximum atomic E-state index is 11.6. The van der Waals surface area contributed by atoms with Crippen molar-refractivity contribution in [3.8, 4) is 0 Å². The fraction of sp³-hybridized carbons (Fsp3) is 0.364. The van der Waals surface area contributed by atoms with E-state index in [0.717, 1.165) is 16.9 Å². The Morgan fingerprint density at radius 1 is 1.47 bits per heavy atom. The number of nitrogens with two attached hydrogens (primary N) is 1. The number of carbonyl (C=O) groups excluding carboxylic acids is 1. The monoisotopic (exact) mass is 206 g/mol. The summed E-state index contributed by atoms with van der Waals surface area (Å²) < 4.78 is 5.08. The number of morpholine rings is 1. The molecule has 4 nitrogen and oxygen atoms in total. The number of hydrogen-bond donors (Lipinski definition) is 1. The highest BCUT2D eigenvalue weighted by molar-refractivity contribution is 5.95. The van der Waals surface area contributed by atoms with Gasteiger partial charge in [0.1, 0.15) is 6.61 Å². The van der Waals surface area contributed by atoms with Crippen molar-refractivity contribution in [1.29, 1.82) is 0 Å². The third-order valence-corrected chi connectivity index (χ3v) is 2.50. The summed E-state index contributed by atoms with van der Waals surface area (Å²) in [7, 11) is 0. The van der Waals surface area contributed by atoms with Gasteiger partial charge in [-0.2, -0.15) is 0 Å². The number of nitrogen functional groups attached to an aromatic ring is 1. The highest BCUT2D eigenvalue weighted by Gasteiger charge is 2.21. The summed E-state index contributed by atoms with van der Waals surface area (Å²) in [6, 6.07) is 5.57. The zero-order valence-corrected chi connectivity index (χ0v) is 8.69. The van der Waals surface area contributed by atoms with E-state index in [1.54, 1.807) is 4.90 Å². The zero-order valence-electron chi connectivity index (χ0n) is 8.69. The van der Waals surface area contributed by atoms with Gasteiger partial charge >= 0.3 is 0 Å². The molecule has 0 spiro atoms. The van der Waals surface area contributed by atoms with Crippen molar-refractivity contribution in [2.45, 2.75) is 6.92 Å². The van der Waals surface area contributed by atoms with Gasteiger partial charge in [0.05, 0.1) is 6.61 Å². The van der Waals surface area contributed by atoms with Crippen molar-refractivity contribution >= 4 is 17.3 Å². The lowest BCUT2D eigenvalue weighted by atomic mass is 10.1. The van der Waals surface area contributed by atoms with Crippen LogP contribution in [0.25, 0.3) is 0 Å². The maximum Gasteiger partial charge on any atom is 0.253 e. The lowest BCUT2D eigenvalue weighted by molar-refractivity contribution is -0.125. The molecule has 0 unspecified atom stereocenters. The molecule has 0 bridgehead atoms. The van der Waals surface area contributed by atoms with E-state index in [-0.39, 0.29) is 12.5 Å². The molecule has 2 rings (SSSR count). The van der Waals surface area contributed by atoms with Crippen LogP contribution in [0.4, 0.5) is 11.4 Å². The fourth-order valence-corrected chi connectivity index (χ4v) is 1.75. The van der Waals surface area contributed by atoms with E-state index in [9.17, 15) is 4.79 Å². The minimum Gasteiger partial charge on any atom is -0.399 e. The van der Waals surface area contributed by atoms with E-state index in [1.165, 1.54) is 0 Å². The van der Waals surface area contributed by atoms with Gasteiger partial charge in [-0.3, -0.25) is 4.79 Å². The van der Waals surface area contributed by atoms with Crippen LogP contribution in [-0.4, -0.2) is 25.7 Å². The largest absolute Gasteiger partial charge is 0.399 e. The second-order valence-corrected chi connectivity index (χ2v) is 3.64. The molecule has 0 radical (unpaired) electrons. The highest BCUT2D eigenvalue weighted by Crippen LogP contribution is 2.23. The summed E-state index contributed by atoms with van der Waals surface area (Å²) in [6.45, 7) is 3.33. The molecule has 80 valence electrons. The molecule has 4 heteroatoms. The number of benzene rings is 1. The Bertz CT molecular complexity index is 390. The van der Waals surface area contributed by atoms with Gasteiger partial charge in [-0.15, -0.1) is 0 Å². The van der Waals surface area contributed by atoms with Crippen molar-refractivity contribution in [3.05, 3.63) is 23.8 Å². The topological polar surface area (TPSA) is 55.6 Å². The number of anilines is 2. The van der Waals surface area contributed by atoms with Crippen molar-refractivity contribution in [3.63, 3.8) is 0 Å². The minimum atomic E-state index is 0.00845. The van der Waals surface area contributed by atoms with Crippen molar-refractivity contribution in [2.75, 3.05) is 30.4 Å². The van der Waals surface area contributed by atoms with Gasteiger partial charge in [-0.25, -0.2) is 0 Å². The highest BCUT2D eigenvalue weighted by atomic mass is 16.5. The molecule has 1 aliphatic heterocycles. The van der Waals surface area contributed by atoms with Crippen LogP contribution in [0.15, 0.2) is 18.2 Å². The molecular formula is C11H14N2O2. The van der Waals surface area contributed by atoms with Crippen LogP contribution >= 0.6 is 0 Å². The van der Waals surface area contributed by atoms with E-state index in [1.807, 2.05) is 25.1 Å². The summed E-state index contributed by atoms with van der Waals surface area (Å²) in [4.78, 5) is 13.3. The molecule has 1 amide bonds. The Kier molecular flexibility index (Phi) is 2.60. The average Bonchev–Trinajstić information content (AvgIpc) is 2.20. The number of carbonyl (C=O) groups is 1. The Labute approximate surface area is 88.6 Å². The minimum absolute atomic E-state index is 0.00845. The van der Waals surface area contributed by atoms with Gasteiger partial charge in [0.15, 0.2) is 0 Å². The molecule has 1 saturated heterocycles. The fourth-order valence-electron chi connectivity index (χ4n) is 1.75. The lowest BCUT2D eigenvalue weighted by Gasteiger charge is -2.28. The predicted octanol–water partition coefficient (Wildman–Crippen LogP) is 0.940. The van der Waals surface area contributed by atoms with E-state index in [4.69, 9.17) is 10.5 Å². The predicted molar refractivity (Wildman–Crippen MR) is 58.8 cm³/mol. The van der Waals surface area contributed by atoms with Gasteiger partial charge < -0.3 is 15.4 Å². The summed E-state index contributed by atoms with van der Waals surface area (Å²) in [5, 5.41) is 0. The molecule has 0 aliphatic carbocycles. The van der Waals surface area contributed by atoms with E-state index in [0.29, 0.717) is 13.2 Å². The number of nitrogens with zero attached hydrogens (tertiary/aromatic N) is 1. The maximum absolute atomic E-state index is 11.6. The Morgan fingerprint density at radius 3 is 2.93 bits per heavy atom. The van der Waals surface area contributed by atoms with Gasteiger partial charge in [-0.1, -0.05) is 0 Å². The lowest BCUT2D eigenvalue weighted by Crippen LogP contribution is -2.42. The summed E-state index contributed by atoms with van der Waals surface area (Å²) in [6.07, 6.45) is 0. The molecule has 0 atom stereocenters. The molecule has 1 aromatic carbocycles. The number of aryl methyl sites for hydroxylation is 1. The Balaban J connectivity index is 2.31. The Morgan fingerprint density at radius 2 is 2.27 bits per heavy atom. The third-order valence-electron chi connectivity index (χ3n) is 2.50.